The van der Waals surface area contributed by atoms with E-state index in [0.29, 0.717) is 0 Å². The molecule has 1 amide bonds. The topological polar surface area (TPSA) is 69.6 Å². The number of hydrogen-bond acceptors (Lipinski definition) is 3. The Morgan fingerprint density at radius 2 is 2.05 bits per heavy atom. The highest BCUT2D eigenvalue weighted by Crippen LogP contribution is 2.31. The number of benzene rings is 1. The molecule has 0 aromatic heterocycles. The molecule has 0 aliphatic carbocycles. The van der Waals surface area contributed by atoms with Crippen molar-refractivity contribution in [3.8, 4) is 0 Å². The number of aliphatic hydroxyl groups is 2. The van der Waals surface area contributed by atoms with E-state index in [2.05, 4.69) is 5.32 Å². The molecule has 4 nitrogen and oxygen atoms in total. The molecule has 106 valence electrons. The lowest BCUT2D eigenvalue weighted by Crippen LogP contribution is -2.27. The fourth-order valence-corrected chi connectivity index (χ4v) is 1.99. The Morgan fingerprint density at radius 1 is 1.42 bits per heavy atom. The normalized spacial score (nSPS) is 14.0. The number of carbonyl (C=O) groups is 1. The van der Waals surface area contributed by atoms with Gasteiger partial charge in [0.05, 0.1) is 11.1 Å². The van der Waals surface area contributed by atoms with Crippen molar-refractivity contribution in [2.75, 3.05) is 6.54 Å². The van der Waals surface area contributed by atoms with Gasteiger partial charge in [0.25, 0.3) is 0 Å². The maximum atomic E-state index is 13.4. The molecule has 0 fully saturated rings. The minimum absolute atomic E-state index is 0.0157. The fourth-order valence-electron chi connectivity index (χ4n) is 1.55. The zero-order chi connectivity index (χ0) is 14.6. The SMILES string of the molecule is CC(=O)NCCC(O)C(O)c1cc(Cl)cc(F)c1Cl. The van der Waals surface area contributed by atoms with Crippen LogP contribution in [0.5, 0.6) is 0 Å². The van der Waals surface area contributed by atoms with Crippen molar-refractivity contribution in [1.29, 1.82) is 0 Å². The first-order valence-electron chi connectivity index (χ1n) is 5.58. The Hall–Kier alpha value is -0.880. The summed E-state index contributed by atoms with van der Waals surface area (Å²) in [5.41, 5.74) is 0.0157. The molecule has 1 rings (SSSR count). The Kier molecular flexibility index (Phi) is 6.00. The van der Waals surface area contributed by atoms with Gasteiger partial charge in [0.1, 0.15) is 11.9 Å². The van der Waals surface area contributed by atoms with Crippen LogP contribution in [-0.2, 0) is 4.79 Å². The molecule has 0 saturated carbocycles. The third-order valence-corrected chi connectivity index (χ3v) is 3.14. The third kappa shape index (κ3) is 4.62. The standard InChI is InChI=1S/C12H14Cl2FNO3/c1-6(17)16-3-2-10(18)12(19)8-4-7(13)5-9(15)11(8)14/h4-5,10,12,18-19H,2-3H2,1H3,(H,16,17). The van der Waals surface area contributed by atoms with E-state index in [0.717, 1.165) is 6.07 Å². The van der Waals surface area contributed by atoms with E-state index in [1.807, 2.05) is 0 Å². The van der Waals surface area contributed by atoms with Crippen LogP contribution in [0.2, 0.25) is 10.0 Å². The predicted octanol–water partition coefficient (Wildman–Crippen LogP) is 2.05. The molecular weight excluding hydrogens is 296 g/mol. The van der Waals surface area contributed by atoms with Crippen LogP contribution in [0, 0.1) is 5.82 Å². The van der Waals surface area contributed by atoms with Crippen LogP contribution in [-0.4, -0.2) is 28.8 Å². The first-order valence-corrected chi connectivity index (χ1v) is 6.33. The second-order valence-electron chi connectivity index (χ2n) is 4.07. The number of nitrogens with one attached hydrogen (secondary N) is 1. The lowest BCUT2D eigenvalue weighted by molar-refractivity contribution is -0.119. The quantitative estimate of drug-likeness (QED) is 0.729. The van der Waals surface area contributed by atoms with Crippen molar-refractivity contribution in [2.45, 2.75) is 25.6 Å². The Bertz CT molecular complexity index is 471. The van der Waals surface area contributed by atoms with E-state index in [1.54, 1.807) is 0 Å². The Balaban J connectivity index is 2.76. The zero-order valence-electron chi connectivity index (χ0n) is 10.2. The van der Waals surface area contributed by atoms with Gasteiger partial charge in [-0.25, -0.2) is 4.39 Å². The number of halogens is 3. The highest BCUT2D eigenvalue weighted by molar-refractivity contribution is 6.33. The van der Waals surface area contributed by atoms with E-state index in [9.17, 15) is 19.4 Å². The number of carbonyl (C=O) groups excluding carboxylic acids is 1. The summed E-state index contributed by atoms with van der Waals surface area (Å²) in [6.45, 7) is 1.53. The molecule has 1 aromatic carbocycles. The predicted molar refractivity (Wildman–Crippen MR) is 70.7 cm³/mol. The van der Waals surface area contributed by atoms with Gasteiger partial charge in [0.2, 0.25) is 5.91 Å². The summed E-state index contributed by atoms with van der Waals surface area (Å²) in [6, 6.07) is 2.31. The summed E-state index contributed by atoms with van der Waals surface area (Å²) in [6.07, 6.45) is -2.47. The molecule has 0 bridgehead atoms. The van der Waals surface area contributed by atoms with Crippen molar-refractivity contribution in [2.24, 2.45) is 0 Å². The first kappa shape index (κ1) is 16.2. The maximum absolute atomic E-state index is 13.4. The van der Waals surface area contributed by atoms with Crippen molar-refractivity contribution >= 4 is 29.1 Å². The summed E-state index contributed by atoms with van der Waals surface area (Å²) in [7, 11) is 0. The summed E-state index contributed by atoms with van der Waals surface area (Å²) >= 11 is 11.4. The van der Waals surface area contributed by atoms with Gasteiger partial charge in [0.15, 0.2) is 0 Å². The summed E-state index contributed by atoms with van der Waals surface area (Å²) in [5.74, 6) is -1.01. The average Bonchev–Trinajstić information content (AvgIpc) is 2.32. The number of aliphatic hydroxyl groups excluding tert-OH is 2. The van der Waals surface area contributed by atoms with Crippen molar-refractivity contribution < 1.29 is 19.4 Å². The lowest BCUT2D eigenvalue weighted by Gasteiger charge is -2.19. The molecule has 0 aliphatic rings. The van der Waals surface area contributed by atoms with Crippen LogP contribution in [0.1, 0.15) is 25.0 Å². The van der Waals surface area contributed by atoms with Gasteiger partial charge in [-0.1, -0.05) is 23.2 Å². The molecule has 2 atom stereocenters. The highest BCUT2D eigenvalue weighted by Gasteiger charge is 2.23. The second-order valence-corrected chi connectivity index (χ2v) is 4.89. The van der Waals surface area contributed by atoms with E-state index < -0.39 is 18.0 Å². The Labute approximate surface area is 120 Å². The Morgan fingerprint density at radius 3 is 2.63 bits per heavy atom. The number of rotatable bonds is 5. The van der Waals surface area contributed by atoms with Crippen LogP contribution in [0.3, 0.4) is 0 Å². The van der Waals surface area contributed by atoms with Crippen LogP contribution < -0.4 is 5.32 Å². The lowest BCUT2D eigenvalue weighted by atomic mass is 10.0. The van der Waals surface area contributed by atoms with E-state index in [4.69, 9.17) is 23.2 Å². The third-order valence-electron chi connectivity index (χ3n) is 2.52. The van der Waals surface area contributed by atoms with Crippen molar-refractivity contribution in [1.82, 2.24) is 5.32 Å². The summed E-state index contributed by atoms with van der Waals surface area (Å²) in [4.78, 5) is 10.7. The van der Waals surface area contributed by atoms with Gasteiger partial charge >= 0.3 is 0 Å². The van der Waals surface area contributed by atoms with Crippen molar-refractivity contribution in [3.05, 3.63) is 33.6 Å². The molecule has 0 spiro atoms. The maximum Gasteiger partial charge on any atom is 0.216 e. The monoisotopic (exact) mass is 309 g/mol. The van der Waals surface area contributed by atoms with Gasteiger partial charge < -0.3 is 15.5 Å². The molecule has 7 heteroatoms. The van der Waals surface area contributed by atoms with E-state index in [-0.39, 0.29) is 34.5 Å². The van der Waals surface area contributed by atoms with E-state index >= 15 is 0 Å². The molecule has 19 heavy (non-hydrogen) atoms. The summed E-state index contributed by atoms with van der Waals surface area (Å²) < 4.78 is 13.4. The summed E-state index contributed by atoms with van der Waals surface area (Å²) in [5, 5.41) is 21.9. The highest BCUT2D eigenvalue weighted by atomic mass is 35.5. The molecule has 3 N–H and O–H groups in total. The molecule has 0 heterocycles. The van der Waals surface area contributed by atoms with Gasteiger partial charge in [-0.15, -0.1) is 0 Å². The van der Waals surface area contributed by atoms with E-state index in [1.165, 1.54) is 13.0 Å². The van der Waals surface area contributed by atoms with Crippen molar-refractivity contribution in [3.63, 3.8) is 0 Å². The zero-order valence-corrected chi connectivity index (χ0v) is 11.7. The smallest absolute Gasteiger partial charge is 0.216 e. The average molecular weight is 310 g/mol. The fraction of sp³-hybridized carbons (Fsp3) is 0.417. The molecule has 0 aliphatic heterocycles. The van der Waals surface area contributed by atoms with Gasteiger partial charge in [-0.3, -0.25) is 4.79 Å². The minimum Gasteiger partial charge on any atom is -0.390 e. The van der Waals surface area contributed by atoms with Gasteiger partial charge in [0, 0.05) is 24.1 Å². The van der Waals surface area contributed by atoms with Gasteiger partial charge in [-0.05, 0) is 18.6 Å². The largest absolute Gasteiger partial charge is 0.390 e. The molecule has 1 aromatic rings. The molecule has 2 unspecified atom stereocenters. The van der Waals surface area contributed by atoms with Crippen LogP contribution in [0.4, 0.5) is 4.39 Å². The van der Waals surface area contributed by atoms with Crippen LogP contribution in [0.25, 0.3) is 0 Å². The molecular formula is C12H14Cl2FNO3. The number of amides is 1. The molecule has 0 saturated heterocycles. The second kappa shape index (κ2) is 7.05. The van der Waals surface area contributed by atoms with Gasteiger partial charge in [-0.2, -0.15) is 0 Å². The molecule has 0 radical (unpaired) electrons. The van der Waals surface area contributed by atoms with Crippen LogP contribution >= 0.6 is 23.2 Å². The minimum atomic E-state index is -1.38. The first-order chi connectivity index (χ1) is 8.82. The van der Waals surface area contributed by atoms with Crippen LogP contribution in [0.15, 0.2) is 12.1 Å². The number of hydrogen-bond donors (Lipinski definition) is 3.